The number of carboxylic acid groups (broad SMARTS) is 1. The van der Waals surface area contributed by atoms with Crippen LogP contribution in [0.2, 0.25) is 0 Å². The molecule has 5 aromatic rings. The number of aliphatic carboxylic acids is 1. The summed E-state index contributed by atoms with van der Waals surface area (Å²) in [5, 5.41) is 27.2. The first kappa shape index (κ1) is 38.5. The van der Waals surface area contributed by atoms with Crippen LogP contribution in [0.15, 0.2) is 143 Å². The average Bonchev–Trinajstić information content (AvgIpc) is 3.64. The number of nitrogens with zero attached hydrogens (tertiary/aromatic N) is 4. The van der Waals surface area contributed by atoms with Crippen molar-refractivity contribution in [2.45, 2.75) is 50.1 Å². The maximum absolute atomic E-state index is 13.9. The fourth-order valence-electron chi connectivity index (χ4n) is 7.43. The second-order valence-electron chi connectivity index (χ2n) is 13.3. The summed E-state index contributed by atoms with van der Waals surface area (Å²) in [4.78, 5) is 26.8. The largest absolute Gasteiger partial charge is 2.00 e. The van der Waals surface area contributed by atoms with E-state index in [1.54, 1.807) is 35.2 Å². The molecule has 3 atom stereocenters. The van der Waals surface area contributed by atoms with Crippen molar-refractivity contribution in [2.75, 3.05) is 18.0 Å². The van der Waals surface area contributed by atoms with Crippen molar-refractivity contribution in [3.8, 4) is 0 Å². The number of hydrogen-bond donors (Lipinski definition) is 0. The Morgan fingerprint density at radius 3 is 2.15 bits per heavy atom. The van der Waals surface area contributed by atoms with Crippen molar-refractivity contribution >= 4 is 29.0 Å². The van der Waals surface area contributed by atoms with Crippen LogP contribution < -0.4 is 15.1 Å². The smallest absolute Gasteiger partial charge is 0.861 e. The van der Waals surface area contributed by atoms with E-state index in [0.717, 1.165) is 36.2 Å². The molecule has 0 amide bonds. The third-order valence-corrected chi connectivity index (χ3v) is 9.98. The number of fused-ring (bicyclic) bond motifs is 1. The van der Waals surface area contributed by atoms with E-state index in [0.29, 0.717) is 59.7 Å². The number of likely N-dealkylation sites (tertiary alicyclic amines) is 1. The topological polar surface area (TPSA) is 94.4 Å². The number of anilines is 1. The Labute approximate surface area is 322 Å². The van der Waals surface area contributed by atoms with Crippen LogP contribution in [-0.4, -0.2) is 47.7 Å². The molecule has 0 aliphatic carbocycles. The summed E-state index contributed by atoms with van der Waals surface area (Å²) < 4.78 is 40.5. The zero-order chi connectivity index (χ0) is 37.0. The fraction of sp³-hybridized carbons (Fsp3) is 0.233. The van der Waals surface area contributed by atoms with Gasteiger partial charge in [0.25, 0.3) is 0 Å². The number of rotatable bonds is 10. The molecule has 0 radical (unpaired) electrons. The average molecular weight is 773 g/mol. The van der Waals surface area contributed by atoms with Crippen molar-refractivity contribution in [2.24, 2.45) is 9.98 Å². The first-order valence-electron chi connectivity index (χ1n) is 17.7. The van der Waals surface area contributed by atoms with Gasteiger partial charge >= 0.3 is 22.7 Å². The van der Waals surface area contributed by atoms with Gasteiger partial charge in [-0.25, -0.2) is 0 Å². The van der Waals surface area contributed by atoms with Gasteiger partial charge in [0.05, 0.1) is 29.0 Å². The van der Waals surface area contributed by atoms with Crippen LogP contribution in [0.25, 0.3) is 0 Å². The van der Waals surface area contributed by atoms with Crippen LogP contribution >= 0.6 is 0 Å². The summed E-state index contributed by atoms with van der Waals surface area (Å²) >= 11 is 0. The minimum atomic E-state index is -4.52. The van der Waals surface area contributed by atoms with Crippen LogP contribution in [0.4, 0.5) is 24.5 Å². The predicted octanol–water partition coefficient (Wildman–Crippen LogP) is 6.52. The van der Waals surface area contributed by atoms with Gasteiger partial charge in [-0.1, -0.05) is 103 Å². The van der Waals surface area contributed by atoms with E-state index in [4.69, 9.17) is 4.99 Å². The number of carbonyl (C=O) groups excluding carboxylic acids is 1. The molecule has 7 nitrogen and oxygen atoms in total. The second kappa shape index (κ2) is 16.8. The molecule has 0 unspecified atom stereocenters. The van der Waals surface area contributed by atoms with Crippen molar-refractivity contribution in [3.05, 3.63) is 167 Å². The summed E-state index contributed by atoms with van der Waals surface area (Å²) in [6, 6.07) is 35.4. The summed E-state index contributed by atoms with van der Waals surface area (Å²) in [5.41, 5.74) is 4.07. The molecule has 0 spiro atoms. The molecule has 11 heteroatoms. The van der Waals surface area contributed by atoms with E-state index in [1.807, 2.05) is 78.9 Å². The number of alkyl halides is 3. The monoisotopic (exact) mass is 772 g/mol. The molecule has 0 bridgehead atoms. The summed E-state index contributed by atoms with van der Waals surface area (Å²) in [5.74, 6) is -1.74. The molecule has 1 fully saturated rings. The first-order chi connectivity index (χ1) is 25.7. The fourth-order valence-corrected chi connectivity index (χ4v) is 7.43. The number of carboxylic acids is 1. The number of aliphatic imine (C=N–C) groups is 2. The van der Waals surface area contributed by atoms with Crippen molar-refractivity contribution in [1.82, 2.24) is 4.90 Å². The Balaban J connectivity index is 0.00000497. The van der Waals surface area contributed by atoms with Gasteiger partial charge in [-0.2, -0.15) is 13.2 Å². The zero-order valence-corrected chi connectivity index (χ0v) is 30.1. The van der Waals surface area contributed by atoms with Crippen LogP contribution in [0.5, 0.6) is 0 Å². The van der Waals surface area contributed by atoms with Gasteiger partial charge in [0.15, 0.2) is 0 Å². The Hall–Kier alpha value is -5.25. The SMILES string of the molecule is O=C([O-])[C@@H](N=C(c1ccccc1)c1ccccc1N=C([O-])[C@@H]1CCCN1Cc1ccccc1)[C@@H]1c2ccccc2CCN1c1ccc(C(F)(F)F)cc1.[Ni+2]. The van der Waals surface area contributed by atoms with Crippen LogP contribution in [0, 0.1) is 0 Å². The second-order valence-corrected chi connectivity index (χ2v) is 13.3. The molecule has 0 N–H and O–H groups in total. The molecule has 5 aromatic carbocycles. The Bertz CT molecular complexity index is 2110. The number of halogens is 3. The molecule has 1 saturated heterocycles. The van der Waals surface area contributed by atoms with Crippen molar-refractivity contribution in [1.29, 1.82) is 0 Å². The quantitative estimate of drug-likeness (QED) is 0.0917. The third-order valence-electron chi connectivity index (χ3n) is 9.98. The Morgan fingerprint density at radius 1 is 0.796 bits per heavy atom. The normalized spacial score (nSPS) is 18.5. The van der Waals surface area contributed by atoms with Gasteiger partial charge < -0.3 is 19.9 Å². The molecule has 0 aromatic heterocycles. The Morgan fingerprint density at radius 2 is 1.44 bits per heavy atom. The zero-order valence-electron chi connectivity index (χ0n) is 29.1. The summed E-state index contributed by atoms with van der Waals surface area (Å²) in [7, 11) is 0. The maximum atomic E-state index is 13.9. The summed E-state index contributed by atoms with van der Waals surface area (Å²) in [6.07, 6.45) is -2.44. The third kappa shape index (κ3) is 8.43. The number of benzene rings is 5. The first-order valence-corrected chi connectivity index (χ1v) is 17.7. The molecule has 54 heavy (non-hydrogen) atoms. The van der Waals surface area contributed by atoms with E-state index < -0.39 is 35.8 Å². The molecule has 7 rings (SSSR count). The van der Waals surface area contributed by atoms with Gasteiger partial charge in [0.2, 0.25) is 0 Å². The summed E-state index contributed by atoms with van der Waals surface area (Å²) in [6.45, 7) is 1.73. The van der Waals surface area contributed by atoms with E-state index in [9.17, 15) is 28.2 Å². The van der Waals surface area contributed by atoms with Crippen molar-refractivity contribution < 1.29 is 44.7 Å². The molecule has 2 aliphatic rings. The van der Waals surface area contributed by atoms with Gasteiger partial charge in [-0.3, -0.25) is 14.9 Å². The number of hydrogen-bond acceptors (Lipinski definition) is 7. The standard InChI is InChI=1S/C43H39F3N4O3.Ni/c44-43(45,46)32-21-23-33(24-22-32)50-27-25-30-14-7-8-17-34(30)40(50)39(42(52)53)48-38(31-15-5-2-6-16-31)35-18-9-10-19-36(35)47-41(51)37-20-11-26-49(37)28-29-12-3-1-4-13-29;/h1-10,12-19,21-24,37,39-40H,11,20,25-28H2,(H,47,51)(H,52,53);/q;+2/p-2/t37-,39-,40-;/m0./s1. The van der Waals surface area contributed by atoms with E-state index >= 15 is 0 Å². The minimum absolute atomic E-state index is 0. The van der Waals surface area contributed by atoms with E-state index in [1.165, 1.54) is 12.1 Å². The minimum Gasteiger partial charge on any atom is -0.861 e. The molecular weight excluding hydrogens is 736 g/mol. The predicted molar refractivity (Wildman–Crippen MR) is 196 cm³/mol. The van der Waals surface area contributed by atoms with Crippen LogP contribution in [-0.2, 0) is 40.4 Å². The number of para-hydroxylation sites is 1. The molecule has 278 valence electrons. The molecule has 0 saturated carbocycles. The van der Waals surface area contributed by atoms with Crippen LogP contribution in [0.3, 0.4) is 0 Å². The molecule has 2 heterocycles. The Kier molecular flexibility index (Phi) is 12.0. The number of carbonyl (C=O) groups is 1. The van der Waals surface area contributed by atoms with E-state index in [2.05, 4.69) is 9.89 Å². The van der Waals surface area contributed by atoms with Gasteiger partial charge in [0.1, 0.15) is 6.04 Å². The van der Waals surface area contributed by atoms with Crippen molar-refractivity contribution in [3.63, 3.8) is 0 Å². The molecular formula is C43H37F3N4NiO3. The maximum Gasteiger partial charge on any atom is 2.00 e. The molecule has 2 aliphatic heterocycles. The van der Waals surface area contributed by atoms with Gasteiger partial charge in [-0.05, 0) is 78.7 Å². The van der Waals surface area contributed by atoms with Gasteiger partial charge in [0, 0.05) is 35.9 Å². The van der Waals surface area contributed by atoms with E-state index in [-0.39, 0.29) is 22.4 Å². The van der Waals surface area contributed by atoms with Crippen LogP contribution in [0.1, 0.15) is 52.3 Å². The van der Waals surface area contributed by atoms with Gasteiger partial charge in [-0.15, -0.1) is 0 Å².